The van der Waals surface area contributed by atoms with Crippen LogP contribution in [0.3, 0.4) is 0 Å². The molecule has 0 N–H and O–H groups in total. The lowest BCUT2D eigenvalue weighted by Crippen LogP contribution is -2.48. The van der Waals surface area contributed by atoms with Gasteiger partial charge < -0.3 is 9.64 Å². The summed E-state index contributed by atoms with van der Waals surface area (Å²) in [6, 6.07) is 15.4. The molecule has 0 spiro atoms. The van der Waals surface area contributed by atoms with E-state index in [0.717, 1.165) is 24.1 Å². The molecular formula is C22H24N2O3. The third-order valence-corrected chi connectivity index (χ3v) is 5.66. The highest BCUT2D eigenvalue weighted by atomic mass is 16.6. The molecule has 1 aromatic heterocycles. The van der Waals surface area contributed by atoms with Crippen molar-refractivity contribution in [3.05, 3.63) is 65.5 Å². The van der Waals surface area contributed by atoms with Crippen LogP contribution >= 0.6 is 0 Å². The molecule has 140 valence electrons. The molecule has 27 heavy (non-hydrogen) atoms. The molecule has 2 saturated heterocycles. The molecule has 2 aliphatic rings. The number of ether oxygens (including phenoxy) is 1. The van der Waals surface area contributed by atoms with E-state index in [2.05, 4.69) is 4.98 Å². The highest BCUT2D eigenvalue weighted by Gasteiger charge is 2.46. The van der Waals surface area contributed by atoms with Crippen LogP contribution in [0.2, 0.25) is 0 Å². The predicted octanol–water partition coefficient (Wildman–Crippen LogP) is 4.15. The first-order valence-electron chi connectivity index (χ1n) is 9.58. The first kappa shape index (κ1) is 17.7. The topological polar surface area (TPSA) is 59.5 Å². The van der Waals surface area contributed by atoms with Gasteiger partial charge in [-0.15, -0.1) is 0 Å². The minimum Gasteiger partial charge on any atom is -0.445 e. The Morgan fingerprint density at radius 3 is 2.41 bits per heavy atom. The van der Waals surface area contributed by atoms with Crippen molar-refractivity contribution in [3.8, 4) is 0 Å². The number of carbonyl (C=O) groups is 2. The van der Waals surface area contributed by atoms with Crippen LogP contribution in [0.1, 0.15) is 47.4 Å². The number of ketones is 1. The van der Waals surface area contributed by atoms with Crippen molar-refractivity contribution >= 4 is 11.9 Å². The Kier molecular flexibility index (Phi) is 4.92. The van der Waals surface area contributed by atoms with Crippen LogP contribution in [0.25, 0.3) is 0 Å². The molecule has 2 bridgehead atoms. The van der Waals surface area contributed by atoms with E-state index in [4.69, 9.17) is 4.74 Å². The molecule has 0 radical (unpaired) electrons. The highest BCUT2D eigenvalue weighted by Crippen LogP contribution is 2.40. The molecule has 5 nitrogen and oxygen atoms in total. The Morgan fingerprint density at radius 1 is 1.04 bits per heavy atom. The van der Waals surface area contributed by atoms with Crippen LogP contribution in [0.4, 0.5) is 4.79 Å². The number of carbonyl (C=O) groups excluding carboxylic acids is 2. The lowest BCUT2D eigenvalue weighted by atomic mass is 9.86. The maximum absolute atomic E-state index is 12.9. The average molecular weight is 364 g/mol. The van der Waals surface area contributed by atoms with E-state index in [1.807, 2.05) is 54.3 Å². The summed E-state index contributed by atoms with van der Waals surface area (Å²) in [5, 5.41) is 0. The normalized spacial score (nSPS) is 23.9. The fourth-order valence-corrected chi connectivity index (χ4v) is 4.37. The smallest absolute Gasteiger partial charge is 0.410 e. The molecule has 1 aromatic carbocycles. The number of hydrogen-bond acceptors (Lipinski definition) is 4. The average Bonchev–Trinajstić information content (AvgIpc) is 2.96. The second-order valence-corrected chi connectivity index (χ2v) is 7.53. The van der Waals surface area contributed by atoms with Gasteiger partial charge in [0.15, 0.2) is 5.78 Å². The van der Waals surface area contributed by atoms with Gasteiger partial charge in [0.25, 0.3) is 0 Å². The molecule has 2 unspecified atom stereocenters. The van der Waals surface area contributed by atoms with Gasteiger partial charge in [0.05, 0.1) is 0 Å². The summed E-state index contributed by atoms with van der Waals surface area (Å²) >= 11 is 0. The molecule has 2 fully saturated rings. The Hall–Kier alpha value is -2.69. The third kappa shape index (κ3) is 3.72. The number of aryl methyl sites for hydroxylation is 1. The van der Waals surface area contributed by atoms with Crippen molar-refractivity contribution in [2.75, 3.05) is 0 Å². The molecule has 0 aliphatic carbocycles. The third-order valence-electron chi connectivity index (χ3n) is 5.66. The second kappa shape index (κ2) is 7.51. The van der Waals surface area contributed by atoms with E-state index in [9.17, 15) is 9.59 Å². The first-order chi connectivity index (χ1) is 13.1. The summed E-state index contributed by atoms with van der Waals surface area (Å²) < 4.78 is 5.53. The quantitative estimate of drug-likeness (QED) is 0.765. The minimum absolute atomic E-state index is 0.0602. The fourth-order valence-electron chi connectivity index (χ4n) is 4.37. The van der Waals surface area contributed by atoms with Crippen molar-refractivity contribution in [3.63, 3.8) is 0 Å². The predicted molar refractivity (Wildman–Crippen MR) is 101 cm³/mol. The molecule has 1 amide bonds. The molecule has 2 aromatic rings. The summed E-state index contributed by atoms with van der Waals surface area (Å²) in [6.07, 6.45) is 3.02. The van der Waals surface area contributed by atoms with Gasteiger partial charge in [-0.3, -0.25) is 9.78 Å². The largest absolute Gasteiger partial charge is 0.445 e. The fraction of sp³-hybridized carbons (Fsp3) is 0.409. The first-order valence-corrected chi connectivity index (χ1v) is 9.58. The number of benzene rings is 1. The van der Waals surface area contributed by atoms with Crippen LogP contribution in [-0.2, 0) is 11.3 Å². The molecule has 5 heteroatoms. The molecule has 3 heterocycles. The Bertz CT molecular complexity index is 822. The highest BCUT2D eigenvalue weighted by molar-refractivity contribution is 5.96. The van der Waals surface area contributed by atoms with Gasteiger partial charge in [0.2, 0.25) is 0 Å². The number of amides is 1. The Labute approximate surface area is 159 Å². The van der Waals surface area contributed by atoms with Crippen LogP contribution < -0.4 is 0 Å². The lowest BCUT2D eigenvalue weighted by molar-refractivity contribution is 0.0483. The minimum atomic E-state index is -0.258. The van der Waals surface area contributed by atoms with E-state index in [0.29, 0.717) is 18.5 Å². The van der Waals surface area contributed by atoms with E-state index < -0.39 is 0 Å². The van der Waals surface area contributed by atoms with Crippen molar-refractivity contribution < 1.29 is 14.3 Å². The number of rotatable bonds is 4. The van der Waals surface area contributed by atoms with Crippen LogP contribution in [0.5, 0.6) is 0 Å². The number of aromatic nitrogens is 1. The maximum Gasteiger partial charge on any atom is 0.410 e. The van der Waals surface area contributed by atoms with Crippen molar-refractivity contribution in [2.24, 2.45) is 5.92 Å². The molecular weight excluding hydrogens is 340 g/mol. The number of hydrogen-bond donors (Lipinski definition) is 0. The van der Waals surface area contributed by atoms with Crippen LogP contribution in [-0.4, -0.2) is 33.8 Å². The van der Waals surface area contributed by atoms with Crippen molar-refractivity contribution in [2.45, 2.75) is 51.3 Å². The zero-order valence-electron chi connectivity index (χ0n) is 15.5. The van der Waals surface area contributed by atoms with E-state index in [1.165, 1.54) is 0 Å². The summed E-state index contributed by atoms with van der Waals surface area (Å²) in [6.45, 7) is 2.18. The van der Waals surface area contributed by atoms with Crippen molar-refractivity contribution in [1.82, 2.24) is 9.88 Å². The second-order valence-electron chi connectivity index (χ2n) is 7.53. The molecule has 0 saturated carbocycles. The number of nitrogens with zero attached hydrogens (tertiary/aromatic N) is 2. The zero-order chi connectivity index (χ0) is 18.8. The van der Waals surface area contributed by atoms with Crippen LogP contribution in [0.15, 0.2) is 48.5 Å². The summed E-state index contributed by atoms with van der Waals surface area (Å²) in [7, 11) is 0. The molecule has 4 rings (SSSR count). The summed E-state index contributed by atoms with van der Waals surface area (Å²) in [5.74, 6) is 0.0443. The van der Waals surface area contributed by atoms with E-state index in [-0.39, 0.29) is 36.5 Å². The van der Waals surface area contributed by atoms with Gasteiger partial charge >= 0.3 is 6.09 Å². The number of fused-ring (bicyclic) bond motifs is 2. The summed E-state index contributed by atoms with van der Waals surface area (Å²) in [4.78, 5) is 31.7. The van der Waals surface area contributed by atoms with E-state index >= 15 is 0 Å². The molecule has 2 atom stereocenters. The molecule has 2 aliphatic heterocycles. The zero-order valence-corrected chi connectivity index (χ0v) is 15.5. The number of pyridine rings is 1. The van der Waals surface area contributed by atoms with E-state index in [1.54, 1.807) is 6.07 Å². The maximum atomic E-state index is 12.9. The van der Waals surface area contributed by atoms with Crippen LogP contribution in [0, 0.1) is 12.8 Å². The standard InChI is InChI=1S/C22H24N2O3/c1-15-6-5-9-20(23-15)21(25)17-12-18-10-11-19(13-17)24(18)22(26)27-14-16-7-3-2-4-8-16/h2-9,17-19H,10-14H2,1H3. The van der Waals surface area contributed by atoms with Gasteiger partial charge in [0.1, 0.15) is 12.3 Å². The summed E-state index contributed by atoms with van der Waals surface area (Å²) in [5.41, 5.74) is 2.37. The van der Waals surface area contributed by atoms with Gasteiger partial charge in [-0.05, 0) is 50.3 Å². The van der Waals surface area contributed by atoms with Gasteiger partial charge in [0, 0.05) is 23.7 Å². The Balaban J connectivity index is 1.40. The van der Waals surface area contributed by atoms with Gasteiger partial charge in [-0.1, -0.05) is 36.4 Å². The number of piperidine rings is 1. The monoisotopic (exact) mass is 364 g/mol. The van der Waals surface area contributed by atoms with Crippen molar-refractivity contribution in [1.29, 1.82) is 0 Å². The SMILES string of the molecule is Cc1cccc(C(=O)C2CC3CCC(C2)N3C(=O)OCc2ccccc2)n1. The van der Waals surface area contributed by atoms with Gasteiger partial charge in [-0.2, -0.15) is 0 Å². The number of Topliss-reactive ketones (excluding diaryl/α,β-unsaturated/α-hetero) is 1. The van der Waals surface area contributed by atoms with Gasteiger partial charge in [-0.25, -0.2) is 4.79 Å². The Morgan fingerprint density at radius 2 is 1.74 bits per heavy atom. The lowest BCUT2D eigenvalue weighted by Gasteiger charge is -2.37.